The Morgan fingerprint density at radius 3 is 2.65 bits per heavy atom. The molecule has 2 aliphatic rings. The van der Waals surface area contributed by atoms with E-state index in [2.05, 4.69) is 32.0 Å². The van der Waals surface area contributed by atoms with Crippen LogP contribution in [0.5, 0.6) is 0 Å². The molecule has 1 aromatic carbocycles. The van der Waals surface area contributed by atoms with E-state index in [1.807, 2.05) is 0 Å². The second kappa shape index (κ2) is 5.80. The van der Waals surface area contributed by atoms with Gasteiger partial charge in [-0.2, -0.15) is 5.01 Å². The van der Waals surface area contributed by atoms with Crippen molar-refractivity contribution in [1.29, 1.82) is 0 Å². The van der Waals surface area contributed by atoms with Crippen LogP contribution < -0.4 is 16.1 Å². The maximum absolute atomic E-state index is 13.7. The van der Waals surface area contributed by atoms with Crippen LogP contribution in [0.1, 0.15) is 25.7 Å². The largest absolute Gasteiger partial charge is 0.344 e. The lowest BCUT2D eigenvalue weighted by Gasteiger charge is -2.20. The summed E-state index contributed by atoms with van der Waals surface area (Å²) in [6.07, 6.45) is 2.80. The number of hydrogen-bond donors (Lipinski definition) is 3. The summed E-state index contributed by atoms with van der Waals surface area (Å²) in [7, 11) is 0. The van der Waals surface area contributed by atoms with Crippen LogP contribution in [0.25, 0.3) is 0 Å². The molecule has 0 bridgehead atoms. The maximum Gasteiger partial charge on any atom is 0.344 e. The minimum atomic E-state index is -0.909. The van der Waals surface area contributed by atoms with Crippen LogP contribution in [0.15, 0.2) is 22.7 Å². The number of urea groups is 2. The Balaban J connectivity index is 1.68. The maximum atomic E-state index is 13.7. The van der Waals surface area contributed by atoms with Gasteiger partial charge in [0.2, 0.25) is 0 Å². The number of benzene rings is 1. The summed E-state index contributed by atoms with van der Waals surface area (Å²) in [6.45, 7) is 0. The standard InChI is InChI=1S/C14H14BrFN4O3/c15-8-3-4-10(9(16)7-8)17-12(22)19-20-11(21)14(18-13(20)23)5-1-2-6-14/h3-4,7H,1-2,5-6H2,(H,18,23)(H2,17,19,22). The second-order valence-electron chi connectivity index (χ2n) is 5.55. The minimum absolute atomic E-state index is 0.0617. The number of carbonyl (C=O) groups is 3. The summed E-state index contributed by atoms with van der Waals surface area (Å²) < 4.78 is 14.2. The zero-order valence-electron chi connectivity index (χ0n) is 12.0. The van der Waals surface area contributed by atoms with Crippen molar-refractivity contribution in [3.8, 4) is 0 Å². The number of amides is 5. The number of hydrogen-bond acceptors (Lipinski definition) is 3. The average Bonchev–Trinajstić information content (AvgIpc) is 3.04. The van der Waals surface area contributed by atoms with Crippen LogP contribution in [0.4, 0.5) is 19.7 Å². The fraction of sp³-hybridized carbons (Fsp3) is 0.357. The molecule has 0 aromatic heterocycles. The Hall–Kier alpha value is -2.16. The molecule has 3 rings (SSSR count). The van der Waals surface area contributed by atoms with E-state index in [-0.39, 0.29) is 5.69 Å². The molecular weight excluding hydrogens is 371 g/mol. The fourth-order valence-electron chi connectivity index (χ4n) is 2.88. The van der Waals surface area contributed by atoms with Crippen molar-refractivity contribution < 1.29 is 18.8 Å². The number of anilines is 1. The highest BCUT2D eigenvalue weighted by molar-refractivity contribution is 9.10. The molecule has 0 unspecified atom stereocenters. The van der Waals surface area contributed by atoms with Gasteiger partial charge in [-0.3, -0.25) is 4.79 Å². The lowest BCUT2D eigenvalue weighted by molar-refractivity contribution is -0.132. The van der Waals surface area contributed by atoms with Crippen molar-refractivity contribution in [2.24, 2.45) is 0 Å². The SMILES string of the molecule is O=C(Nc1ccc(Br)cc1F)NN1C(=O)NC2(CCCC2)C1=O. The summed E-state index contributed by atoms with van der Waals surface area (Å²) >= 11 is 3.11. The van der Waals surface area contributed by atoms with E-state index in [4.69, 9.17) is 0 Å². The van der Waals surface area contributed by atoms with Crippen LogP contribution in [-0.2, 0) is 4.79 Å². The molecule has 0 radical (unpaired) electrons. The van der Waals surface area contributed by atoms with E-state index < -0.39 is 29.3 Å². The van der Waals surface area contributed by atoms with Gasteiger partial charge in [-0.1, -0.05) is 28.8 Å². The number of carbonyl (C=O) groups excluding carboxylic acids is 3. The van der Waals surface area contributed by atoms with Crippen molar-refractivity contribution in [2.75, 3.05) is 5.32 Å². The van der Waals surface area contributed by atoms with Crippen molar-refractivity contribution in [2.45, 2.75) is 31.2 Å². The van der Waals surface area contributed by atoms with E-state index in [9.17, 15) is 18.8 Å². The first-order valence-corrected chi connectivity index (χ1v) is 7.90. The molecule has 1 heterocycles. The van der Waals surface area contributed by atoms with E-state index in [0.29, 0.717) is 22.3 Å². The number of rotatable bonds is 2. The molecule has 1 aliphatic carbocycles. The molecule has 1 spiro atoms. The number of nitrogens with one attached hydrogen (secondary N) is 3. The smallest absolute Gasteiger partial charge is 0.322 e. The van der Waals surface area contributed by atoms with Gasteiger partial charge >= 0.3 is 12.1 Å². The predicted octanol–water partition coefficient (Wildman–Crippen LogP) is 2.49. The molecule has 7 nitrogen and oxygen atoms in total. The van der Waals surface area contributed by atoms with Gasteiger partial charge in [0.1, 0.15) is 11.4 Å². The Labute approximate surface area is 139 Å². The van der Waals surface area contributed by atoms with E-state index in [0.717, 1.165) is 12.8 Å². The van der Waals surface area contributed by atoms with Gasteiger partial charge in [-0.05, 0) is 31.0 Å². The highest BCUT2D eigenvalue weighted by Crippen LogP contribution is 2.34. The number of imide groups is 1. The highest BCUT2D eigenvalue weighted by atomic mass is 79.9. The molecular formula is C14H14BrFN4O3. The van der Waals surface area contributed by atoms with Crippen molar-refractivity contribution >= 4 is 39.6 Å². The van der Waals surface area contributed by atoms with E-state index in [1.54, 1.807) is 6.07 Å². The summed E-state index contributed by atoms with van der Waals surface area (Å²) in [5.74, 6) is -1.12. The fourth-order valence-corrected chi connectivity index (χ4v) is 3.22. The Kier molecular flexibility index (Phi) is 3.97. The molecule has 1 saturated heterocycles. The van der Waals surface area contributed by atoms with E-state index >= 15 is 0 Å². The topological polar surface area (TPSA) is 90.5 Å². The second-order valence-corrected chi connectivity index (χ2v) is 6.47. The normalized spacial score (nSPS) is 19.1. The quantitative estimate of drug-likeness (QED) is 0.684. The molecule has 122 valence electrons. The first kappa shape index (κ1) is 15.7. The van der Waals surface area contributed by atoms with Crippen LogP contribution >= 0.6 is 15.9 Å². The molecule has 1 saturated carbocycles. The molecule has 5 amide bonds. The number of hydrazine groups is 1. The molecule has 9 heteroatoms. The van der Waals surface area contributed by atoms with Gasteiger partial charge < -0.3 is 10.6 Å². The zero-order chi connectivity index (χ0) is 16.6. The Bertz CT molecular complexity index is 691. The molecule has 3 N–H and O–H groups in total. The van der Waals surface area contributed by atoms with Gasteiger partial charge in [0.25, 0.3) is 5.91 Å². The zero-order valence-corrected chi connectivity index (χ0v) is 13.6. The molecule has 23 heavy (non-hydrogen) atoms. The van der Waals surface area contributed by atoms with Crippen LogP contribution in [-0.4, -0.2) is 28.5 Å². The molecule has 1 aromatic rings. The Morgan fingerprint density at radius 2 is 2.00 bits per heavy atom. The van der Waals surface area contributed by atoms with Crippen LogP contribution in [0.2, 0.25) is 0 Å². The van der Waals surface area contributed by atoms with Gasteiger partial charge in [-0.15, -0.1) is 0 Å². The van der Waals surface area contributed by atoms with Gasteiger partial charge in [-0.25, -0.2) is 19.4 Å². The first-order valence-electron chi connectivity index (χ1n) is 7.11. The van der Waals surface area contributed by atoms with Crippen molar-refractivity contribution in [1.82, 2.24) is 15.8 Å². The van der Waals surface area contributed by atoms with Crippen molar-refractivity contribution in [3.05, 3.63) is 28.5 Å². The van der Waals surface area contributed by atoms with Gasteiger partial charge in [0.05, 0.1) is 5.69 Å². The van der Waals surface area contributed by atoms with Crippen LogP contribution in [0, 0.1) is 5.82 Å². The predicted molar refractivity (Wildman–Crippen MR) is 82.8 cm³/mol. The third kappa shape index (κ3) is 2.88. The van der Waals surface area contributed by atoms with Gasteiger partial charge in [0.15, 0.2) is 0 Å². The van der Waals surface area contributed by atoms with Crippen molar-refractivity contribution in [3.63, 3.8) is 0 Å². The molecule has 0 atom stereocenters. The monoisotopic (exact) mass is 384 g/mol. The minimum Gasteiger partial charge on any atom is -0.322 e. The van der Waals surface area contributed by atoms with E-state index in [1.165, 1.54) is 12.1 Å². The third-order valence-electron chi connectivity index (χ3n) is 4.01. The highest BCUT2D eigenvalue weighted by Gasteiger charge is 2.53. The summed E-state index contributed by atoms with van der Waals surface area (Å²) in [5, 5.41) is 5.55. The summed E-state index contributed by atoms with van der Waals surface area (Å²) in [5.41, 5.74) is 1.19. The molecule has 2 fully saturated rings. The summed E-state index contributed by atoms with van der Waals surface area (Å²) in [4.78, 5) is 36.2. The Morgan fingerprint density at radius 1 is 1.30 bits per heavy atom. The lowest BCUT2D eigenvalue weighted by atomic mass is 9.98. The third-order valence-corrected chi connectivity index (χ3v) is 4.50. The van der Waals surface area contributed by atoms with Gasteiger partial charge in [0, 0.05) is 4.47 Å². The average molecular weight is 385 g/mol. The molecule has 1 aliphatic heterocycles. The number of halogens is 2. The first-order chi connectivity index (χ1) is 10.9. The summed E-state index contributed by atoms with van der Waals surface area (Å²) in [6, 6.07) is 2.56. The number of nitrogens with zero attached hydrogens (tertiary/aromatic N) is 1. The lowest BCUT2D eigenvalue weighted by Crippen LogP contribution is -2.50. The van der Waals surface area contributed by atoms with Crippen LogP contribution in [0.3, 0.4) is 0 Å².